The van der Waals surface area contributed by atoms with Gasteiger partial charge in [-0.05, 0) is 89.8 Å². The Balaban J connectivity index is 1.22. The molecule has 0 aliphatic carbocycles. The number of anilines is 1. The highest BCUT2D eigenvalue weighted by Gasteiger charge is 2.28. The quantitative estimate of drug-likeness (QED) is 0.154. The van der Waals surface area contributed by atoms with E-state index in [1.807, 2.05) is 62.4 Å². The van der Waals surface area contributed by atoms with E-state index < -0.39 is 22.5 Å². The van der Waals surface area contributed by atoms with Gasteiger partial charge in [-0.1, -0.05) is 72.3 Å². The van der Waals surface area contributed by atoms with Gasteiger partial charge in [0.05, 0.1) is 16.8 Å². The zero-order valence-corrected chi connectivity index (χ0v) is 24.2. The first-order chi connectivity index (χ1) is 20.3. The minimum Gasteiger partial charge on any atom is -0.489 e. The van der Waals surface area contributed by atoms with Crippen LogP contribution in [0.3, 0.4) is 0 Å². The van der Waals surface area contributed by atoms with E-state index in [9.17, 15) is 13.2 Å². The third-order valence-corrected chi connectivity index (χ3v) is 8.52. The lowest BCUT2D eigenvalue weighted by Gasteiger charge is -2.25. The predicted molar refractivity (Wildman–Crippen MR) is 167 cm³/mol. The second-order valence-electron chi connectivity index (χ2n) is 9.95. The Morgan fingerprint density at radius 1 is 0.833 bits per heavy atom. The van der Waals surface area contributed by atoms with E-state index in [1.54, 1.807) is 24.3 Å². The standard InChI is InChI=1S/C34H31N3O4S/c1-25-12-19-33(26(2)20-25)37(42(39,40)32-10-4-3-5-11-32)23-34(38)36-35-22-27-14-17-31(18-15-27)41-24-28-13-16-29-8-6-7-9-30(29)21-28/h3-22H,23-24H2,1-2H3,(H,36,38)/b35-22-. The fourth-order valence-corrected chi connectivity index (χ4v) is 6.10. The molecule has 7 nitrogen and oxygen atoms in total. The number of amides is 1. The van der Waals surface area contributed by atoms with Crippen molar-refractivity contribution in [3.8, 4) is 5.75 Å². The molecule has 0 saturated heterocycles. The summed E-state index contributed by atoms with van der Waals surface area (Å²) in [5.74, 6) is 0.139. The Hall–Kier alpha value is -4.95. The molecule has 0 fully saturated rings. The number of carbonyl (C=O) groups excluding carboxylic acids is 1. The number of aryl methyl sites for hydroxylation is 2. The van der Waals surface area contributed by atoms with E-state index in [1.165, 1.54) is 29.1 Å². The smallest absolute Gasteiger partial charge is 0.264 e. The van der Waals surface area contributed by atoms with Crippen molar-refractivity contribution in [2.75, 3.05) is 10.8 Å². The molecule has 1 amide bonds. The highest BCUT2D eigenvalue weighted by atomic mass is 32.2. The molecular formula is C34H31N3O4S. The van der Waals surface area contributed by atoms with Crippen molar-refractivity contribution in [3.05, 3.63) is 138 Å². The normalized spacial score (nSPS) is 11.5. The van der Waals surface area contributed by atoms with Crippen LogP contribution in [-0.2, 0) is 21.4 Å². The fourth-order valence-electron chi connectivity index (χ4n) is 4.59. The molecule has 0 aliphatic rings. The van der Waals surface area contributed by atoms with Gasteiger partial charge in [-0.2, -0.15) is 5.10 Å². The van der Waals surface area contributed by atoms with Crippen LogP contribution < -0.4 is 14.5 Å². The van der Waals surface area contributed by atoms with Gasteiger partial charge in [-0.3, -0.25) is 9.10 Å². The second kappa shape index (κ2) is 12.7. The van der Waals surface area contributed by atoms with Crippen LogP contribution in [0.15, 0.2) is 125 Å². The first-order valence-corrected chi connectivity index (χ1v) is 14.9. The summed E-state index contributed by atoms with van der Waals surface area (Å²) in [7, 11) is -4.00. The molecule has 0 aromatic heterocycles. The molecule has 212 valence electrons. The van der Waals surface area contributed by atoms with E-state index in [0.717, 1.165) is 26.6 Å². The summed E-state index contributed by atoms with van der Waals surface area (Å²) in [6.45, 7) is 3.76. The minimum atomic E-state index is -4.00. The molecule has 0 spiro atoms. The van der Waals surface area contributed by atoms with Gasteiger partial charge in [-0.15, -0.1) is 0 Å². The molecule has 0 unspecified atom stereocenters. The topological polar surface area (TPSA) is 88.1 Å². The van der Waals surface area contributed by atoms with E-state index in [-0.39, 0.29) is 4.90 Å². The molecule has 42 heavy (non-hydrogen) atoms. The summed E-state index contributed by atoms with van der Waals surface area (Å²) in [6, 6.07) is 35.2. The summed E-state index contributed by atoms with van der Waals surface area (Å²) in [5.41, 5.74) is 6.45. The third kappa shape index (κ3) is 6.85. The molecule has 5 aromatic carbocycles. The van der Waals surface area contributed by atoms with Crippen molar-refractivity contribution in [3.63, 3.8) is 0 Å². The molecule has 0 atom stereocenters. The molecule has 8 heteroatoms. The lowest BCUT2D eigenvalue weighted by Crippen LogP contribution is -2.40. The first kappa shape index (κ1) is 28.6. The number of sulfonamides is 1. The van der Waals surface area contributed by atoms with Crippen LogP contribution >= 0.6 is 0 Å². The van der Waals surface area contributed by atoms with Crippen LogP contribution in [0.4, 0.5) is 5.69 Å². The highest BCUT2D eigenvalue weighted by Crippen LogP contribution is 2.27. The van der Waals surface area contributed by atoms with Gasteiger partial charge in [0.25, 0.3) is 15.9 Å². The van der Waals surface area contributed by atoms with Crippen LogP contribution in [0.25, 0.3) is 10.8 Å². The van der Waals surface area contributed by atoms with Crippen LogP contribution in [-0.4, -0.2) is 27.1 Å². The largest absolute Gasteiger partial charge is 0.489 e. The van der Waals surface area contributed by atoms with E-state index in [0.29, 0.717) is 18.0 Å². The lowest BCUT2D eigenvalue weighted by molar-refractivity contribution is -0.119. The SMILES string of the molecule is Cc1ccc(N(CC(=O)N/N=C\c2ccc(OCc3ccc4ccccc4c3)cc2)S(=O)(=O)c2ccccc2)c(C)c1. The summed E-state index contributed by atoms with van der Waals surface area (Å²) in [4.78, 5) is 13.0. The van der Waals surface area contributed by atoms with E-state index in [4.69, 9.17) is 4.74 Å². The van der Waals surface area contributed by atoms with Gasteiger partial charge in [0, 0.05) is 0 Å². The van der Waals surface area contributed by atoms with Gasteiger partial charge in [0.1, 0.15) is 18.9 Å². The second-order valence-corrected chi connectivity index (χ2v) is 11.8. The number of hydrazone groups is 1. The predicted octanol–water partition coefficient (Wildman–Crippen LogP) is 6.38. The lowest BCUT2D eigenvalue weighted by atomic mass is 10.1. The molecule has 0 aliphatic heterocycles. The maximum atomic E-state index is 13.5. The Kier molecular flexibility index (Phi) is 8.64. The first-order valence-electron chi connectivity index (χ1n) is 13.5. The monoisotopic (exact) mass is 577 g/mol. The van der Waals surface area contributed by atoms with Crippen molar-refractivity contribution in [2.24, 2.45) is 5.10 Å². The maximum Gasteiger partial charge on any atom is 0.264 e. The number of fused-ring (bicyclic) bond motifs is 1. The fraction of sp³-hybridized carbons (Fsp3) is 0.118. The van der Waals surface area contributed by atoms with Crippen LogP contribution in [0, 0.1) is 13.8 Å². The number of nitrogens with zero attached hydrogens (tertiary/aromatic N) is 2. The Labute approximate surface area is 246 Å². The van der Waals surface area contributed by atoms with Crippen molar-refractivity contribution in [1.29, 1.82) is 0 Å². The molecule has 1 N–H and O–H groups in total. The van der Waals surface area contributed by atoms with Crippen molar-refractivity contribution >= 4 is 38.6 Å². The number of hydrogen-bond acceptors (Lipinski definition) is 5. The summed E-state index contributed by atoms with van der Waals surface area (Å²) >= 11 is 0. The number of nitrogens with one attached hydrogen (secondary N) is 1. The number of ether oxygens (including phenoxy) is 1. The summed E-state index contributed by atoms with van der Waals surface area (Å²) in [6.07, 6.45) is 1.50. The van der Waals surface area contributed by atoms with Gasteiger partial charge in [-0.25, -0.2) is 13.8 Å². The van der Waals surface area contributed by atoms with E-state index >= 15 is 0 Å². The average molecular weight is 578 g/mol. The Bertz CT molecular complexity index is 1840. The minimum absolute atomic E-state index is 0.101. The molecule has 5 rings (SSSR count). The third-order valence-electron chi connectivity index (χ3n) is 6.74. The molecule has 0 bridgehead atoms. The summed E-state index contributed by atoms with van der Waals surface area (Å²) in [5, 5.41) is 6.40. The zero-order valence-electron chi connectivity index (χ0n) is 23.4. The van der Waals surface area contributed by atoms with Gasteiger partial charge in [0.2, 0.25) is 0 Å². The maximum absolute atomic E-state index is 13.5. The average Bonchev–Trinajstić information content (AvgIpc) is 3.00. The van der Waals surface area contributed by atoms with Crippen molar-refractivity contribution < 1.29 is 17.9 Å². The summed E-state index contributed by atoms with van der Waals surface area (Å²) < 4.78 is 34.1. The molecule has 0 heterocycles. The number of hydrogen-bond donors (Lipinski definition) is 1. The zero-order chi connectivity index (χ0) is 29.5. The number of carbonyl (C=O) groups is 1. The Morgan fingerprint density at radius 3 is 2.29 bits per heavy atom. The van der Waals surface area contributed by atoms with Crippen LogP contribution in [0.5, 0.6) is 5.75 Å². The van der Waals surface area contributed by atoms with E-state index in [2.05, 4.69) is 40.9 Å². The molecule has 0 radical (unpaired) electrons. The highest BCUT2D eigenvalue weighted by molar-refractivity contribution is 7.92. The number of benzene rings is 5. The van der Waals surface area contributed by atoms with Gasteiger partial charge < -0.3 is 4.74 Å². The van der Waals surface area contributed by atoms with Gasteiger partial charge >= 0.3 is 0 Å². The number of rotatable bonds is 10. The molecule has 5 aromatic rings. The van der Waals surface area contributed by atoms with Crippen LogP contribution in [0.1, 0.15) is 22.3 Å². The Morgan fingerprint density at radius 2 is 1.55 bits per heavy atom. The molecule has 0 saturated carbocycles. The van der Waals surface area contributed by atoms with Crippen molar-refractivity contribution in [2.45, 2.75) is 25.3 Å². The van der Waals surface area contributed by atoms with Gasteiger partial charge in [0.15, 0.2) is 0 Å². The van der Waals surface area contributed by atoms with Crippen molar-refractivity contribution in [1.82, 2.24) is 5.43 Å². The molecular weight excluding hydrogens is 546 g/mol. The van der Waals surface area contributed by atoms with Crippen LogP contribution in [0.2, 0.25) is 0 Å².